The fourth-order valence-electron chi connectivity index (χ4n) is 2.24. The second-order valence-electron chi connectivity index (χ2n) is 5.36. The van der Waals surface area contributed by atoms with Crippen molar-refractivity contribution in [2.24, 2.45) is 0 Å². The summed E-state index contributed by atoms with van der Waals surface area (Å²) in [5.41, 5.74) is 7.25. The van der Waals surface area contributed by atoms with Gasteiger partial charge in [0, 0.05) is 23.6 Å². The number of hydrogen-bond acceptors (Lipinski definition) is 8. The molecule has 0 aliphatic carbocycles. The van der Waals surface area contributed by atoms with Crippen molar-refractivity contribution in [3.63, 3.8) is 0 Å². The minimum absolute atomic E-state index is 0.0614. The van der Waals surface area contributed by atoms with E-state index in [1.165, 1.54) is 24.5 Å². The van der Waals surface area contributed by atoms with Crippen molar-refractivity contribution in [3.8, 4) is 0 Å². The molecule has 2 aromatic heterocycles. The summed E-state index contributed by atoms with van der Waals surface area (Å²) >= 11 is 2.46. The molecule has 0 spiro atoms. The lowest BCUT2D eigenvalue weighted by Crippen LogP contribution is -2.19. The van der Waals surface area contributed by atoms with Crippen LogP contribution in [0, 0.1) is 6.92 Å². The number of nitrogens with two attached hydrogens (primary N) is 1. The Morgan fingerprint density at radius 3 is 2.63 bits per heavy atom. The van der Waals surface area contributed by atoms with E-state index in [4.69, 9.17) is 15.2 Å². The first kappa shape index (κ1) is 20.7. The van der Waals surface area contributed by atoms with Crippen molar-refractivity contribution in [2.75, 3.05) is 19.4 Å². The first-order chi connectivity index (χ1) is 12.9. The molecule has 0 bridgehead atoms. The van der Waals surface area contributed by atoms with E-state index in [2.05, 4.69) is 5.32 Å². The zero-order valence-corrected chi connectivity index (χ0v) is 16.8. The van der Waals surface area contributed by atoms with Crippen molar-refractivity contribution in [1.82, 2.24) is 5.32 Å². The Labute approximate surface area is 164 Å². The van der Waals surface area contributed by atoms with Gasteiger partial charge in [0.2, 0.25) is 0 Å². The Morgan fingerprint density at radius 1 is 1.30 bits per heavy atom. The maximum Gasteiger partial charge on any atom is 0.341 e. The number of hydrogen-bond donors (Lipinski definition) is 2. The number of thiophene rings is 2. The van der Waals surface area contributed by atoms with Crippen LogP contribution in [0.5, 0.6) is 0 Å². The van der Waals surface area contributed by atoms with E-state index in [1.54, 1.807) is 13.0 Å². The Hall–Kier alpha value is -2.65. The molecular weight excluding hydrogens is 388 g/mol. The lowest BCUT2D eigenvalue weighted by atomic mass is 10.1. The second-order valence-corrected chi connectivity index (χ2v) is 7.36. The Bertz CT molecular complexity index is 882. The van der Waals surface area contributed by atoms with Crippen LogP contribution in [0.15, 0.2) is 17.5 Å². The molecule has 0 aliphatic rings. The molecule has 0 unspecified atom stereocenters. The number of nitrogen functional groups attached to an aromatic ring is 1. The fourth-order valence-corrected chi connectivity index (χ4v) is 4.06. The molecule has 1 amide bonds. The van der Waals surface area contributed by atoms with Gasteiger partial charge < -0.3 is 20.5 Å². The predicted molar refractivity (Wildman–Crippen MR) is 106 cm³/mol. The minimum atomic E-state index is -0.655. The van der Waals surface area contributed by atoms with Crippen molar-refractivity contribution in [3.05, 3.63) is 44.0 Å². The summed E-state index contributed by atoms with van der Waals surface area (Å²) in [6, 6.07) is 1.95. The Kier molecular flexibility index (Phi) is 7.14. The normalized spacial score (nSPS) is 10.8. The fraction of sp³-hybridized carbons (Fsp3) is 0.278. The summed E-state index contributed by atoms with van der Waals surface area (Å²) in [7, 11) is 1.46. The van der Waals surface area contributed by atoms with Crippen LogP contribution < -0.4 is 11.1 Å². The summed E-state index contributed by atoms with van der Waals surface area (Å²) in [5.74, 6) is -1.67. The molecule has 0 radical (unpaired) electrons. The molecule has 0 atom stereocenters. The summed E-state index contributed by atoms with van der Waals surface area (Å²) in [6.07, 6.45) is 2.97. The second kappa shape index (κ2) is 9.33. The van der Waals surface area contributed by atoms with E-state index in [1.807, 2.05) is 18.4 Å². The lowest BCUT2D eigenvalue weighted by molar-refractivity contribution is -0.138. The van der Waals surface area contributed by atoms with Gasteiger partial charge in [0.1, 0.15) is 22.0 Å². The molecule has 0 saturated heterocycles. The highest BCUT2D eigenvalue weighted by molar-refractivity contribution is 7.18. The van der Waals surface area contributed by atoms with Crippen LogP contribution in [0.4, 0.5) is 5.00 Å². The van der Waals surface area contributed by atoms with Gasteiger partial charge in [0.15, 0.2) is 0 Å². The standard InChI is InChI=1S/C18H20N2O5S2/c1-4-24-18(23)14-11(15(17(22)20-3)27-16(14)19)9-25-13(21)6-5-12-10(2)7-8-26-12/h5-8H,4,9,19H2,1-3H3,(H,20,22)/b6-5+. The maximum absolute atomic E-state index is 12.2. The average Bonchev–Trinajstić information content (AvgIpc) is 3.20. The largest absolute Gasteiger partial charge is 0.462 e. The number of aryl methyl sites for hydroxylation is 1. The summed E-state index contributed by atoms with van der Waals surface area (Å²) in [4.78, 5) is 37.5. The lowest BCUT2D eigenvalue weighted by Gasteiger charge is -2.07. The number of rotatable bonds is 7. The quantitative estimate of drug-likeness (QED) is 0.539. The van der Waals surface area contributed by atoms with Gasteiger partial charge in [-0.25, -0.2) is 9.59 Å². The molecule has 2 aromatic rings. The first-order valence-corrected chi connectivity index (χ1v) is 9.77. The minimum Gasteiger partial charge on any atom is -0.462 e. The molecule has 3 N–H and O–H groups in total. The van der Waals surface area contributed by atoms with E-state index in [0.29, 0.717) is 0 Å². The highest BCUT2D eigenvalue weighted by atomic mass is 32.1. The van der Waals surface area contributed by atoms with Crippen molar-refractivity contribution in [1.29, 1.82) is 0 Å². The van der Waals surface area contributed by atoms with Crippen LogP contribution in [-0.2, 0) is 20.9 Å². The van der Waals surface area contributed by atoms with Crippen molar-refractivity contribution < 1.29 is 23.9 Å². The van der Waals surface area contributed by atoms with Gasteiger partial charge in [-0.05, 0) is 36.9 Å². The SMILES string of the molecule is CCOC(=O)c1c(N)sc(C(=O)NC)c1COC(=O)/C=C/c1sccc1C. The number of carbonyl (C=O) groups is 3. The zero-order chi connectivity index (χ0) is 20.0. The average molecular weight is 409 g/mol. The van der Waals surface area contributed by atoms with Crippen LogP contribution in [0.3, 0.4) is 0 Å². The van der Waals surface area contributed by atoms with Gasteiger partial charge in [-0.3, -0.25) is 4.79 Å². The van der Waals surface area contributed by atoms with Gasteiger partial charge in [0.05, 0.1) is 6.61 Å². The van der Waals surface area contributed by atoms with Crippen molar-refractivity contribution in [2.45, 2.75) is 20.5 Å². The van der Waals surface area contributed by atoms with E-state index in [9.17, 15) is 14.4 Å². The van der Waals surface area contributed by atoms with E-state index in [-0.39, 0.29) is 34.2 Å². The third-order valence-corrected chi connectivity index (χ3v) is 5.62. The van der Waals surface area contributed by atoms with Gasteiger partial charge in [-0.2, -0.15) is 0 Å². The molecule has 27 heavy (non-hydrogen) atoms. The number of carbonyl (C=O) groups excluding carboxylic acids is 3. The summed E-state index contributed by atoms with van der Waals surface area (Å²) in [5, 5.41) is 4.55. The molecular formula is C18H20N2O5S2. The van der Waals surface area contributed by atoms with E-state index < -0.39 is 17.8 Å². The van der Waals surface area contributed by atoms with Gasteiger partial charge in [0.25, 0.3) is 5.91 Å². The van der Waals surface area contributed by atoms with Gasteiger partial charge in [-0.1, -0.05) is 0 Å². The van der Waals surface area contributed by atoms with Gasteiger partial charge >= 0.3 is 11.9 Å². The summed E-state index contributed by atoms with van der Waals surface area (Å²) < 4.78 is 10.2. The topological polar surface area (TPSA) is 108 Å². The highest BCUT2D eigenvalue weighted by Crippen LogP contribution is 2.32. The molecule has 0 aliphatic heterocycles. The third-order valence-electron chi connectivity index (χ3n) is 3.58. The van der Waals surface area contributed by atoms with Crippen LogP contribution in [0.2, 0.25) is 0 Å². The van der Waals surface area contributed by atoms with Crippen molar-refractivity contribution >= 4 is 51.6 Å². The first-order valence-electron chi connectivity index (χ1n) is 8.08. The molecule has 2 heterocycles. The Balaban J connectivity index is 2.21. The molecule has 0 saturated carbocycles. The maximum atomic E-state index is 12.2. The molecule has 9 heteroatoms. The molecule has 2 rings (SSSR count). The predicted octanol–water partition coefficient (Wildman–Crippen LogP) is 2.99. The number of ether oxygens (including phenoxy) is 2. The number of nitrogens with one attached hydrogen (secondary N) is 1. The van der Waals surface area contributed by atoms with Crippen LogP contribution in [0.25, 0.3) is 6.08 Å². The monoisotopic (exact) mass is 408 g/mol. The van der Waals surface area contributed by atoms with E-state index in [0.717, 1.165) is 21.8 Å². The molecule has 144 valence electrons. The highest BCUT2D eigenvalue weighted by Gasteiger charge is 2.27. The van der Waals surface area contributed by atoms with Crippen LogP contribution >= 0.6 is 22.7 Å². The van der Waals surface area contributed by atoms with Crippen LogP contribution in [0.1, 0.15) is 43.0 Å². The Morgan fingerprint density at radius 2 is 2.04 bits per heavy atom. The molecule has 0 aromatic carbocycles. The van der Waals surface area contributed by atoms with Crippen LogP contribution in [-0.4, -0.2) is 31.5 Å². The van der Waals surface area contributed by atoms with E-state index >= 15 is 0 Å². The number of anilines is 1. The molecule has 7 nitrogen and oxygen atoms in total. The molecule has 0 fully saturated rings. The summed E-state index contributed by atoms with van der Waals surface area (Å²) in [6.45, 7) is 3.50. The van der Waals surface area contributed by atoms with Gasteiger partial charge in [-0.15, -0.1) is 22.7 Å². The smallest absolute Gasteiger partial charge is 0.341 e. The zero-order valence-electron chi connectivity index (χ0n) is 15.2. The number of amides is 1. The third kappa shape index (κ3) is 4.95. The number of esters is 2.